The first-order chi connectivity index (χ1) is 15.8. The van der Waals surface area contributed by atoms with Crippen LogP contribution < -0.4 is 10.1 Å². The lowest BCUT2D eigenvalue weighted by Crippen LogP contribution is -2.39. The van der Waals surface area contributed by atoms with E-state index in [2.05, 4.69) is 5.32 Å². The number of nitrogens with one attached hydrogen (secondary N) is 1. The number of benzene rings is 2. The third-order valence-corrected chi connectivity index (χ3v) is 5.89. The monoisotopic (exact) mass is 469 g/mol. The minimum atomic E-state index is -0.667. The highest BCUT2D eigenvalue weighted by molar-refractivity contribution is 7.80. The van der Waals surface area contributed by atoms with Gasteiger partial charge in [0.15, 0.2) is 5.11 Å². The van der Waals surface area contributed by atoms with Crippen molar-refractivity contribution in [1.82, 2.24) is 9.80 Å². The predicted molar refractivity (Wildman–Crippen MR) is 128 cm³/mol. The van der Waals surface area contributed by atoms with Gasteiger partial charge in [-0.2, -0.15) is 0 Å². The molecule has 1 saturated heterocycles. The smallest absolute Gasteiger partial charge is 0.338 e. The third kappa shape index (κ3) is 5.87. The molecule has 174 valence electrons. The molecule has 33 heavy (non-hydrogen) atoms. The molecular weight excluding hydrogens is 442 g/mol. The zero-order valence-electron chi connectivity index (χ0n) is 18.9. The maximum absolute atomic E-state index is 12.7. The molecule has 2 aromatic rings. The van der Waals surface area contributed by atoms with Crippen LogP contribution in [0.2, 0.25) is 0 Å². The summed E-state index contributed by atoms with van der Waals surface area (Å²) in [6.45, 7) is 2.53. The first-order valence-corrected chi connectivity index (χ1v) is 11.0. The van der Waals surface area contributed by atoms with E-state index in [0.717, 1.165) is 11.3 Å². The number of hydrogen-bond acceptors (Lipinski definition) is 6. The van der Waals surface area contributed by atoms with Crippen molar-refractivity contribution in [3.05, 3.63) is 59.7 Å². The van der Waals surface area contributed by atoms with Gasteiger partial charge in [-0.15, -0.1) is 0 Å². The average Bonchev–Trinajstić information content (AvgIpc) is 3.01. The molecule has 1 unspecified atom stereocenters. The largest absolute Gasteiger partial charge is 0.497 e. The quantitative estimate of drug-likeness (QED) is 0.446. The van der Waals surface area contributed by atoms with Crippen LogP contribution in [-0.4, -0.2) is 66.0 Å². The number of carbonyl (C=O) groups excluding carboxylic acids is 3. The Bertz CT molecular complexity index is 1020. The van der Waals surface area contributed by atoms with E-state index in [0.29, 0.717) is 29.3 Å². The predicted octanol–water partition coefficient (Wildman–Crippen LogP) is 2.87. The SMILES string of the molecule is CCOC(=O)c1ccc(NC(=O)CC2C(=O)N(C)C(=S)N2CCc2ccc(OC)cc2)cc1. The molecule has 8 nitrogen and oxygen atoms in total. The highest BCUT2D eigenvalue weighted by Gasteiger charge is 2.41. The van der Waals surface area contributed by atoms with Crippen molar-refractivity contribution in [2.24, 2.45) is 0 Å². The molecule has 0 aromatic heterocycles. The van der Waals surface area contributed by atoms with Gasteiger partial charge >= 0.3 is 5.97 Å². The van der Waals surface area contributed by atoms with Gasteiger partial charge in [-0.1, -0.05) is 12.1 Å². The summed E-state index contributed by atoms with van der Waals surface area (Å²) in [4.78, 5) is 40.4. The van der Waals surface area contributed by atoms with Gasteiger partial charge in [-0.3, -0.25) is 14.5 Å². The second-order valence-corrected chi connectivity index (χ2v) is 7.90. The Balaban J connectivity index is 1.62. The number of amides is 2. The summed E-state index contributed by atoms with van der Waals surface area (Å²) in [5.41, 5.74) is 2.00. The van der Waals surface area contributed by atoms with Gasteiger partial charge in [0.1, 0.15) is 11.8 Å². The molecule has 0 bridgehead atoms. The Morgan fingerprint density at radius 2 is 1.76 bits per heavy atom. The minimum Gasteiger partial charge on any atom is -0.497 e. The maximum Gasteiger partial charge on any atom is 0.338 e. The van der Waals surface area contributed by atoms with Crippen LogP contribution in [0.4, 0.5) is 5.69 Å². The molecule has 1 N–H and O–H groups in total. The first kappa shape index (κ1) is 24.2. The standard InChI is InChI=1S/C24H27N3O5S/c1-4-32-23(30)17-7-9-18(10-8-17)25-21(28)15-20-22(29)26(2)24(33)27(20)14-13-16-5-11-19(31-3)12-6-16/h5-12,20H,4,13-15H2,1-3H3,(H,25,28). The lowest BCUT2D eigenvalue weighted by Gasteiger charge is -2.23. The molecule has 2 amide bonds. The van der Waals surface area contributed by atoms with Gasteiger partial charge in [0, 0.05) is 19.3 Å². The number of likely N-dealkylation sites (N-methyl/N-ethyl adjacent to an activating group) is 1. The van der Waals surface area contributed by atoms with Crippen molar-refractivity contribution in [2.75, 3.05) is 32.6 Å². The maximum atomic E-state index is 12.7. The number of nitrogens with zero attached hydrogens (tertiary/aromatic N) is 2. The Morgan fingerprint density at radius 1 is 1.09 bits per heavy atom. The molecule has 0 saturated carbocycles. The van der Waals surface area contributed by atoms with Crippen molar-refractivity contribution in [1.29, 1.82) is 0 Å². The molecule has 1 heterocycles. The van der Waals surface area contributed by atoms with Gasteiger partial charge in [-0.25, -0.2) is 4.79 Å². The molecule has 0 aliphatic carbocycles. The fourth-order valence-electron chi connectivity index (χ4n) is 3.56. The van der Waals surface area contributed by atoms with Crippen molar-refractivity contribution >= 4 is 40.8 Å². The van der Waals surface area contributed by atoms with Crippen molar-refractivity contribution in [2.45, 2.75) is 25.8 Å². The topological polar surface area (TPSA) is 88.2 Å². The van der Waals surface area contributed by atoms with Crippen LogP contribution in [0.1, 0.15) is 29.3 Å². The van der Waals surface area contributed by atoms with Crippen LogP contribution in [0.3, 0.4) is 0 Å². The molecule has 0 spiro atoms. The van der Waals surface area contributed by atoms with Gasteiger partial charge in [0.2, 0.25) is 5.91 Å². The lowest BCUT2D eigenvalue weighted by molar-refractivity contribution is -0.130. The summed E-state index contributed by atoms with van der Waals surface area (Å²) in [6.07, 6.45) is 0.629. The minimum absolute atomic E-state index is 0.0362. The summed E-state index contributed by atoms with van der Waals surface area (Å²) in [5.74, 6) is -0.168. The summed E-state index contributed by atoms with van der Waals surface area (Å²) >= 11 is 5.45. The molecule has 1 aliphatic rings. The fraction of sp³-hybridized carbons (Fsp3) is 0.333. The molecule has 0 radical (unpaired) electrons. The lowest BCUT2D eigenvalue weighted by atomic mass is 10.1. The normalized spacial score (nSPS) is 15.5. The Kier molecular flexibility index (Phi) is 8.00. The number of methoxy groups -OCH3 is 1. The van der Waals surface area contributed by atoms with E-state index >= 15 is 0 Å². The van der Waals surface area contributed by atoms with Crippen molar-refractivity contribution < 1.29 is 23.9 Å². The number of rotatable bonds is 9. The number of esters is 1. The number of hydrogen-bond donors (Lipinski definition) is 1. The van der Waals surface area contributed by atoms with Crippen LogP contribution >= 0.6 is 12.2 Å². The molecular formula is C24H27N3O5S. The zero-order chi connectivity index (χ0) is 24.0. The molecule has 1 aliphatic heterocycles. The van der Waals surface area contributed by atoms with E-state index in [1.54, 1.807) is 50.2 Å². The molecule has 2 aromatic carbocycles. The van der Waals surface area contributed by atoms with Gasteiger partial charge in [0.05, 0.1) is 25.7 Å². The van der Waals surface area contributed by atoms with Crippen LogP contribution in [0.25, 0.3) is 0 Å². The summed E-state index contributed by atoms with van der Waals surface area (Å²) in [7, 11) is 3.24. The van der Waals surface area contributed by atoms with Gasteiger partial charge in [0.25, 0.3) is 5.91 Å². The second-order valence-electron chi connectivity index (χ2n) is 7.54. The van der Waals surface area contributed by atoms with E-state index in [4.69, 9.17) is 21.7 Å². The number of anilines is 1. The molecule has 3 rings (SSSR count). The molecule has 1 atom stereocenters. The first-order valence-electron chi connectivity index (χ1n) is 10.6. The van der Waals surface area contributed by atoms with Crippen molar-refractivity contribution in [3.63, 3.8) is 0 Å². The van der Waals surface area contributed by atoms with Crippen LogP contribution in [0, 0.1) is 0 Å². The highest BCUT2D eigenvalue weighted by atomic mass is 32.1. The molecule has 1 fully saturated rings. The molecule has 9 heteroatoms. The Morgan fingerprint density at radius 3 is 2.36 bits per heavy atom. The van der Waals surface area contributed by atoms with Crippen LogP contribution in [0.5, 0.6) is 5.75 Å². The number of ether oxygens (including phenoxy) is 2. The Labute approximate surface area is 198 Å². The third-order valence-electron chi connectivity index (χ3n) is 5.38. The summed E-state index contributed by atoms with van der Waals surface area (Å²) in [6, 6.07) is 13.4. The fourth-order valence-corrected chi connectivity index (χ4v) is 3.87. The van der Waals surface area contributed by atoms with Crippen LogP contribution in [0.15, 0.2) is 48.5 Å². The van der Waals surface area contributed by atoms with E-state index in [1.165, 1.54) is 4.90 Å². The second kappa shape index (κ2) is 10.9. The van der Waals surface area contributed by atoms with Crippen molar-refractivity contribution in [3.8, 4) is 5.75 Å². The Hall–Kier alpha value is -3.46. The van der Waals surface area contributed by atoms with Gasteiger partial charge in [-0.05, 0) is 67.5 Å². The van der Waals surface area contributed by atoms with Crippen LogP contribution in [-0.2, 0) is 20.7 Å². The van der Waals surface area contributed by atoms with E-state index in [-0.39, 0.29) is 24.8 Å². The van der Waals surface area contributed by atoms with E-state index < -0.39 is 12.0 Å². The summed E-state index contributed by atoms with van der Waals surface area (Å²) < 4.78 is 10.1. The highest BCUT2D eigenvalue weighted by Crippen LogP contribution is 2.22. The number of thiocarbonyl (C=S) groups is 1. The summed E-state index contributed by atoms with van der Waals surface area (Å²) in [5, 5.41) is 3.19. The van der Waals surface area contributed by atoms with Gasteiger partial charge < -0.3 is 19.7 Å². The zero-order valence-corrected chi connectivity index (χ0v) is 19.7. The number of carbonyl (C=O) groups is 3. The average molecular weight is 470 g/mol. The van der Waals surface area contributed by atoms with E-state index in [1.807, 2.05) is 24.3 Å². The van der Waals surface area contributed by atoms with E-state index in [9.17, 15) is 14.4 Å².